The Balaban J connectivity index is 1.69. The minimum atomic E-state index is -0.630. The van der Waals surface area contributed by atoms with Crippen molar-refractivity contribution in [1.29, 1.82) is 0 Å². The molecule has 0 radical (unpaired) electrons. The van der Waals surface area contributed by atoms with Crippen molar-refractivity contribution in [3.05, 3.63) is 40.1 Å². The standard InChI is InChI=1S/C18H19N9O4/c19-16-17(24-31-23-16)26-15(12-7-4-8-13(9-12)27(29)30)14(21-25-26)18(28)22-20-10-11-5-2-1-3-6-11/h4,7-11H,1-3,5-6H2,(H2,19,23)(H,22,28)/b20-10+. The SMILES string of the molecule is Nc1nonc1-n1nnc(C(=O)N/N=C/C2CCCCC2)c1-c1cccc([N+](=O)[O-])c1. The number of aromatic nitrogens is 5. The molecule has 3 aromatic rings. The van der Waals surface area contributed by atoms with Crippen LogP contribution in [0.1, 0.15) is 42.6 Å². The summed E-state index contributed by atoms with van der Waals surface area (Å²) in [6, 6.07) is 5.69. The van der Waals surface area contributed by atoms with Crippen LogP contribution in [-0.4, -0.2) is 42.4 Å². The Labute approximate surface area is 175 Å². The molecule has 4 rings (SSSR count). The fraction of sp³-hybridized carbons (Fsp3) is 0.333. The Morgan fingerprint density at radius 3 is 2.84 bits per heavy atom. The highest BCUT2D eigenvalue weighted by Gasteiger charge is 2.26. The van der Waals surface area contributed by atoms with E-state index in [1.54, 1.807) is 12.3 Å². The second-order valence-corrected chi connectivity index (χ2v) is 7.10. The van der Waals surface area contributed by atoms with Crippen LogP contribution in [0.15, 0.2) is 34.0 Å². The van der Waals surface area contributed by atoms with Gasteiger partial charge in [0.2, 0.25) is 11.6 Å². The average molecular weight is 425 g/mol. The molecule has 13 heteroatoms. The number of hydrogen-bond donors (Lipinski definition) is 2. The lowest BCUT2D eigenvalue weighted by molar-refractivity contribution is -0.384. The Kier molecular flexibility index (Phi) is 5.64. The number of non-ortho nitro benzene ring substituents is 1. The fourth-order valence-electron chi connectivity index (χ4n) is 3.48. The van der Waals surface area contributed by atoms with E-state index < -0.39 is 10.8 Å². The van der Waals surface area contributed by atoms with E-state index in [9.17, 15) is 14.9 Å². The number of nitrogens with one attached hydrogen (secondary N) is 1. The molecule has 0 unspecified atom stereocenters. The molecule has 31 heavy (non-hydrogen) atoms. The van der Waals surface area contributed by atoms with Crippen LogP contribution in [0.2, 0.25) is 0 Å². The molecule has 1 saturated carbocycles. The number of hydrazone groups is 1. The van der Waals surface area contributed by atoms with Crippen LogP contribution in [0.25, 0.3) is 17.1 Å². The van der Waals surface area contributed by atoms with Gasteiger partial charge in [0.05, 0.1) is 4.92 Å². The molecule has 160 valence electrons. The summed E-state index contributed by atoms with van der Waals surface area (Å²) in [6.07, 6.45) is 7.30. The van der Waals surface area contributed by atoms with Gasteiger partial charge in [0, 0.05) is 23.9 Å². The van der Waals surface area contributed by atoms with Crippen LogP contribution in [-0.2, 0) is 0 Å². The van der Waals surface area contributed by atoms with Crippen LogP contribution >= 0.6 is 0 Å². The number of benzene rings is 1. The first-order valence-electron chi connectivity index (χ1n) is 9.67. The molecule has 1 aliphatic carbocycles. The summed E-state index contributed by atoms with van der Waals surface area (Å²) < 4.78 is 5.75. The maximum atomic E-state index is 12.8. The van der Waals surface area contributed by atoms with E-state index >= 15 is 0 Å². The molecule has 1 fully saturated rings. The quantitative estimate of drug-likeness (QED) is 0.339. The highest BCUT2D eigenvalue weighted by Crippen LogP contribution is 2.29. The summed E-state index contributed by atoms with van der Waals surface area (Å²) in [6.45, 7) is 0. The number of carbonyl (C=O) groups excluding carboxylic acids is 1. The van der Waals surface area contributed by atoms with Gasteiger partial charge in [0.1, 0.15) is 5.69 Å². The number of nitrogens with two attached hydrogens (primary N) is 1. The first kappa shape index (κ1) is 20.1. The van der Waals surface area contributed by atoms with Crippen molar-refractivity contribution in [1.82, 2.24) is 30.7 Å². The minimum absolute atomic E-state index is 0.00115. The predicted molar refractivity (Wildman–Crippen MR) is 108 cm³/mol. The number of hydrogen-bond acceptors (Lipinski definition) is 10. The lowest BCUT2D eigenvalue weighted by Gasteiger charge is -2.16. The molecule has 2 heterocycles. The molecule has 1 amide bonds. The van der Waals surface area contributed by atoms with Gasteiger partial charge < -0.3 is 5.73 Å². The first-order chi connectivity index (χ1) is 15.0. The van der Waals surface area contributed by atoms with Crippen LogP contribution in [0.3, 0.4) is 0 Å². The van der Waals surface area contributed by atoms with Crippen molar-refractivity contribution < 1.29 is 14.3 Å². The van der Waals surface area contributed by atoms with E-state index in [4.69, 9.17) is 5.73 Å². The molecule has 0 spiro atoms. The topological polar surface area (TPSA) is 180 Å². The summed E-state index contributed by atoms with van der Waals surface area (Å²) >= 11 is 0. The van der Waals surface area contributed by atoms with E-state index in [1.165, 1.54) is 24.6 Å². The third-order valence-corrected chi connectivity index (χ3v) is 5.01. The Morgan fingerprint density at radius 2 is 2.13 bits per heavy atom. The number of carbonyl (C=O) groups is 1. The average Bonchev–Trinajstić information content (AvgIpc) is 3.40. The minimum Gasteiger partial charge on any atom is -0.378 e. The van der Waals surface area contributed by atoms with Gasteiger partial charge in [-0.2, -0.15) is 9.78 Å². The molecule has 0 bridgehead atoms. The van der Waals surface area contributed by atoms with Gasteiger partial charge in [0.25, 0.3) is 11.6 Å². The third-order valence-electron chi connectivity index (χ3n) is 5.01. The molecular weight excluding hydrogens is 406 g/mol. The molecule has 3 N–H and O–H groups in total. The maximum Gasteiger partial charge on any atom is 0.294 e. The molecule has 2 aromatic heterocycles. The van der Waals surface area contributed by atoms with E-state index in [1.807, 2.05) is 0 Å². The van der Waals surface area contributed by atoms with E-state index in [0.29, 0.717) is 11.5 Å². The van der Waals surface area contributed by atoms with Gasteiger partial charge in [0.15, 0.2) is 5.69 Å². The lowest BCUT2D eigenvalue weighted by atomic mass is 9.90. The predicted octanol–water partition coefficient (Wildman–Crippen LogP) is 2.10. The monoisotopic (exact) mass is 425 g/mol. The zero-order chi connectivity index (χ0) is 21.8. The summed E-state index contributed by atoms with van der Waals surface area (Å²) in [5, 5.41) is 30.3. The number of nitro benzene ring substituents is 1. The highest BCUT2D eigenvalue weighted by atomic mass is 16.6. The highest BCUT2D eigenvalue weighted by molar-refractivity contribution is 5.98. The number of amides is 1. The van der Waals surface area contributed by atoms with Crippen LogP contribution in [0, 0.1) is 16.0 Å². The van der Waals surface area contributed by atoms with Gasteiger partial charge in [-0.05, 0) is 29.1 Å². The van der Waals surface area contributed by atoms with Crippen molar-refractivity contribution in [2.24, 2.45) is 11.0 Å². The van der Waals surface area contributed by atoms with Crippen molar-refractivity contribution >= 4 is 23.6 Å². The molecular formula is C18H19N9O4. The van der Waals surface area contributed by atoms with Crippen molar-refractivity contribution in [2.75, 3.05) is 5.73 Å². The normalized spacial score (nSPS) is 14.7. The van der Waals surface area contributed by atoms with Crippen LogP contribution < -0.4 is 11.2 Å². The molecule has 0 aliphatic heterocycles. The Hall–Kier alpha value is -4.16. The fourth-order valence-corrected chi connectivity index (χ4v) is 3.48. The van der Waals surface area contributed by atoms with E-state index in [0.717, 1.165) is 30.4 Å². The second-order valence-electron chi connectivity index (χ2n) is 7.10. The summed E-state index contributed by atoms with van der Waals surface area (Å²) in [5.74, 6) is -0.394. The van der Waals surface area contributed by atoms with Crippen LogP contribution in [0.4, 0.5) is 11.5 Å². The smallest absolute Gasteiger partial charge is 0.294 e. The molecule has 1 aliphatic rings. The largest absolute Gasteiger partial charge is 0.378 e. The number of nitrogens with zero attached hydrogens (tertiary/aromatic N) is 7. The maximum absolute atomic E-state index is 12.8. The Bertz CT molecular complexity index is 1130. The van der Waals surface area contributed by atoms with Gasteiger partial charge in [-0.1, -0.05) is 36.6 Å². The molecule has 13 nitrogen and oxygen atoms in total. The van der Waals surface area contributed by atoms with Gasteiger partial charge in [-0.15, -0.1) is 5.10 Å². The third kappa shape index (κ3) is 4.24. The van der Waals surface area contributed by atoms with E-state index in [2.05, 4.69) is 35.8 Å². The zero-order valence-corrected chi connectivity index (χ0v) is 16.3. The number of rotatable bonds is 6. The first-order valence-corrected chi connectivity index (χ1v) is 9.67. The molecule has 0 saturated heterocycles. The Morgan fingerprint density at radius 1 is 1.32 bits per heavy atom. The number of anilines is 1. The second kappa shape index (κ2) is 8.69. The number of nitrogen functional groups attached to an aromatic ring is 1. The van der Waals surface area contributed by atoms with Crippen molar-refractivity contribution in [2.45, 2.75) is 32.1 Å². The summed E-state index contributed by atoms with van der Waals surface area (Å²) in [5.41, 5.74) is 8.38. The molecule has 1 aromatic carbocycles. The van der Waals surface area contributed by atoms with Gasteiger partial charge in [-0.25, -0.2) is 10.1 Å². The lowest BCUT2D eigenvalue weighted by Crippen LogP contribution is -2.20. The zero-order valence-electron chi connectivity index (χ0n) is 16.3. The summed E-state index contributed by atoms with van der Waals surface area (Å²) in [4.78, 5) is 23.5. The van der Waals surface area contributed by atoms with E-state index in [-0.39, 0.29) is 28.7 Å². The van der Waals surface area contributed by atoms with Crippen molar-refractivity contribution in [3.8, 4) is 17.1 Å². The molecule has 0 atom stereocenters. The van der Waals surface area contributed by atoms with Gasteiger partial charge in [-0.3, -0.25) is 14.9 Å². The number of nitro groups is 1. The van der Waals surface area contributed by atoms with Crippen molar-refractivity contribution in [3.63, 3.8) is 0 Å². The van der Waals surface area contributed by atoms with Crippen LogP contribution in [0.5, 0.6) is 0 Å². The summed E-state index contributed by atoms with van der Waals surface area (Å²) in [7, 11) is 0. The van der Waals surface area contributed by atoms with Gasteiger partial charge >= 0.3 is 0 Å².